The summed E-state index contributed by atoms with van der Waals surface area (Å²) in [4.78, 5) is 0. The molecule has 0 bridgehead atoms. The van der Waals surface area contributed by atoms with Gasteiger partial charge in [0.15, 0.2) is 0 Å². The first-order chi connectivity index (χ1) is 8.58. The highest BCUT2D eigenvalue weighted by atomic mass is 127. The summed E-state index contributed by atoms with van der Waals surface area (Å²) in [6, 6.07) is 13.7. The number of hydrogen-bond acceptors (Lipinski definition) is 1. The third kappa shape index (κ3) is 3.02. The number of halogens is 2. The molecule has 1 atom stereocenters. The van der Waals surface area contributed by atoms with Gasteiger partial charge in [-0.05, 0) is 65.8 Å². The Morgan fingerprint density at radius 1 is 1.11 bits per heavy atom. The molecule has 0 amide bonds. The highest BCUT2D eigenvalue weighted by molar-refractivity contribution is 14.1. The Morgan fingerprint density at radius 3 is 2.44 bits per heavy atom. The van der Waals surface area contributed by atoms with Gasteiger partial charge in [0.1, 0.15) is 5.82 Å². The van der Waals surface area contributed by atoms with Crippen LogP contribution in [0.15, 0.2) is 42.5 Å². The molecule has 0 aromatic heterocycles. The van der Waals surface area contributed by atoms with E-state index in [2.05, 4.69) is 52.2 Å². The van der Waals surface area contributed by atoms with Crippen LogP contribution in [0.4, 0.5) is 10.1 Å². The third-order valence-electron chi connectivity index (χ3n) is 2.93. The minimum atomic E-state index is -0.171. The third-order valence-corrected chi connectivity index (χ3v) is 3.65. The molecule has 1 unspecified atom stereocenters. The standard InChI is InChI=1S/C15H15FIN/c1-10-4-3-5-14(15(10)16)18-11(2)12-6-8-13(17)9-7-12/h3-9,11,18H,1-2H3. The topological polar surface area (TPSA) is 12.0 Å². The molecule has 0 saturated carbocycles. The van der Waals surface area contributed by atoms with E-state index < -0.39 is 0 Å². The van der Waals surface area contributed by atoms with Crippen molar-refractivity contribution in [3.8, 4) is 0 Å². The molecule has 0 aliphatic rings. The monoisotopic (exact) mass is 355 g/mol. The van der Waals surface area contributed by atoms with Gasteiger partial charge in [-0.25, -0.2) is 4.39 Å². The molecule has 0 aliphatic heterocycles. The van der Waals surface area contributed by atoms with Crippen LogP contribution in [0.5, 0.6) is 0 Å². The summed E-state index contributed by atoms with van der Waals surface area (Å²) in [7, 11) is 0. The predicted molar refractivity (Wildman–Crippen MR) is 82.3 cm³/mol. The number of rotatable bonds is 3. The van der Waals surface area contributed by atoms with Gasteiger partial charge in [0.25, 0.3) is 0 Å². The largest absolute Gasteiger partial charge is 0.376 e. The van der Waals surface area contributed by atoms with Crippen LogP contribution >= 0.6 is 22.6 Å². The molecule has 1 nitrogen and oxygen atoms in total. The van der Waals surface area contributed by atoms with Crippen LogP contribution in [-0.2, 0) is 0 Å². The molecule has 0 fully saturated rings. The molecule has 3 heteroatoms. The van der Waals surface area contributed by atoms with Crippen molar-refractivity contribution in [2.24, 2.45) is 0 Å². The van der Waals surface area contributed by atoms with E-state index in [4.69, 9.17) is 0 Å². The summed E-state index contributed by atoms with van der Waals surface area (Å²) in [5.74, 6) is -0.171. The number of nitrogens with one attached hydrogen (secondary N) is 1. The summed E-state index contributed by atoms with van der Waals surface area (Å²) >= 11 is 2.27. The lowest BCUT2D eigenvalue weighted by Crippen LogP contribution is -2.08. The average Bonchev–Trinajstić information content (AvgIpc) is 2.36. The van der Waals surface area contributed by atoms with Crippen LogP contribution in [0, 0.1) is 16.3 Å². The van der Waals surface area contributed by atoms with Crippen LogP contribution in [0.2, 0.25) is 0 Å². The maximum absolute atomic E-state index is 13.9. The molecule has 2 rings (SSSR count). The SMILES string of the molecule is Cc1cccc(NC(C)c2ccc(I)cc2)c1F. The van der Waals surface area contributed by atoms with E-state index in [9.17, 15) is 4.39 Å². The molecule has 0 radical (unpaired) electrons. The van der Waals surface area contributed by atoms with Gasteiger partial charge < -0.3 is 5.32 Å². The maximum atomic E-state index is 13.9. The van der Waals surface area contributed by atoms with Crippen molar-refractivity contribution in [2.75, 3.05) is 5.32 Å². The fourth-order valence-electron chi connectivity index (χ4n) is 1.83. The Bertz CT molecular complexity index is 537. The number of hydrogen-bond donors (Lipinski definition) is 1. The smallest absolute Gasteiger partial charge is 0.149 e. The van der Waals surface area contributed by atoms with Gasteiger partial charge in [-0.15, -0.1) is 0 Å². The lowest BCUT2D eigenvalue weighted by Gasteiger charge is -2.17. The van der Waals surface area contributed by atoms with Crippen LogP contribution < -0.4 is 5.32 Å². The first-order valence-electron chi connectivity index (χ1n) is 5.85. The zero-order valence-electron chi connectivity index (χ0n) is 10.4. The average molecular weight is 355 g/mol. The van der Waals surface area contributed by atoms with E-state index in [1.165, 1.54) is 3.57 Å². The molecule has 2 aromatic rings. The molecule has 1 N–H and O–H groups in total. The molecule has 0 saturated heterocycles. The summed E-state index contributed by atoms with van der Waals surface area (Å²) < 4.78 is 15.1. The molecular weight excluding hydrogens is 340 g/mol. The van der Waals surface area contributed by atoms with Gasteiger partial charge in [0, 0.05) is 9.61 Å². The summed E-state index contributed by atoms with van der Waals surface area (Å²) in [6.45, 7) is 3.81. The van der Waals surface area contributed by atoms with E-state index in [1.807, 2.05) is 13.0 Å². The van der Waals surface area contributed by atoms with Gasteiger partial charge in [-0.2, -0.15) is 0 Å². The van der Waals surface area contributed by atoms with Gasteiger partial charge in [-0.1, -0.05) is 24.3 Å². The van der Waals surface area contributed by atoms with E-state index in [0.29, 0.717) is 11.3 Å². The van der Waals surface area contributed by atoms with Crippen LogP contribution in [0.25, 0.3) is 0 Å². The van der Waals surface area contributed by atoms with Crippen molar-refractivity contribution < 1.29 is 4.39 Å². The summed E-state index contributed by atoms with van der Waals surface area (Å²) in [5, 5.41) is 3.21. The molecule has 94 valence electrons. The second-order valence-electron chi connectivity index (χ2n) is 4.35. The highest BCUT2D eigenvalue weighted by Crippen LogP contribution is 2.23. The van der Waals surface area contributed by atoms with Gasteiger partial charge in [0.05, 0.1) is 5.69 Å². The summed E-state index contributed by atoms with van der Waals surface area (Å²) in [5.41, 5.74) is 2.37. The number of benzene rings is 2. The highest BCUT2D eigenvalue weighted by Gasteiger charge is 2.09. The zero-order chi connectivity index (χ0) is 13.1. The zero-order valence-corrected chi connectivity index (χ0v) is 12.5. The molecular formula is C15H15FIN. The lowest BCUT2D eigenvalue weighted by atomic mass is 10.1. The first kappa shape index (κ1) is 13.3. The van der Waals surface area contributed by atoms with Gasteiger partial charge in [-0.3, -0.25) is 0 Å². The normalized spacial score (nSPS) is 12.2. The lowest BCUT2D eigenvalue weighted by molar-refractivity contribution is 0.618. The Balaban J connectivity index is 2.18. The van der Waals surface area contributed by atoms with Crippen molar-refractivity contribution in [3.63, 3.8) is 0 Å². The van der Waals surface area contributed by atoms with Crippen molar-refractivity contribution in [1.82, 2.24) is 0 Å². The number of aryl methyl sites for hydroxylation is 1. The van der Waals surface area contributed by atoms with Crippen molar-refractivity contribution in [1.29, 1.82) is 0 Å². The van der Waals surface area contributed by atoms with E-state index in [1.54, 1.807) is 19.1 Å². The minimum Gasteiger partial charge on any atom is -0.376 e. The molecule has 0 aliphatic carbocycles. The second kappa shape index (κ2) is 5.69. The van der Waals surface area contributed by atoms with Gasteiger partial charge in [0.2, 0.25) is 0 Å². The minimum absolute atomic E-state index is 0.0818. The number of anilines is 1. The quantitative estimate of drug-likeness (QED) is 0.772. The molecule has 18 heavy (non-hydrogen) atoms. The fourth-order valence-corrected chi connectivity index (χ4v) is 2.19. The maximum Gasteiger partial charge on any atom is 0.149 e. The second-order valence-corrected chi connectivity index (χ2v) is 5.60. The van der Waals surface area contributed by atoms with Crippen LogP contribution in [0.1, 0.15) is 24.1 Å². The van der Waals surface area contributed by atoms with E-state index >= 15 is 0 Å². The van der Waals surface area contributed by atoms with Crippen molar-refractivity contribution in [2.45, 2.75) is 19.9 Å². The first-order valence-corrected chi connectivity index (χ1v) is 6.93. The molecule has 0 heterocycles. The Morgan fingerprint density at radius 2 is 1.78 bits per heavy atom. The van der Waals surface area contributed by atoms with E-state index in [0.717, 1.165) is 5.56 Å². The van der Waals surface area contributed by atoms with Crippen molar-refractivity contribution in [3.05, 3.63) is 63.0 Å². The Labute approximate surface area is 121 Å². The van der Waals surface area contributed by atoms with Crippen LogP contribution in [-0.4, -0.2) is 0 Å². The molecule has 2 aromatic carbocycles. The van der Waals surface area contributed by atoms with Crippen LogP contribution in [0.3, 0.4) is 0 Å². The Hall–Kier alpha value is -1.10. The predicted octanol–water partition coefficient (Wildman–Crippen LogP) is 4.91. The summed E-state index contributed by atoms with van der Waals surface area (Å²) in [6.07, 6.45) is 0. The van der Waals surface area contributed by atoms with E-state index in [-0.39, 0.29) is 11.9 Å². The fraction of sp³-hybridized carbons (Fsp3) is 0.200. The Kier molecular flexibility index (Phi) is 4.22. The van der Waals surface area contributed by atoms with Crippen molar-refractivity contribution >= 4 is 28.3 Å². The van der Waals surface area contributed by atoms with Gasteiger partial charge >= 0.3 is 0 Å². The molecule has 0 spiro atoms.